The molecular formula is C20H23F3OS. The molecule has 1 nitrogen and oxygen atoms in total. The summed E-state index contributed by atoms with van der Waals surface area (Å²) in [6, 6.07) is 4.80. The molecule has 0 bridgehead atoms. The molecule has 0 saturated heterocycles. The van der Waals surface area contributed by atoms with Gasteiger partial charge in [0.15, 0.2) is 5.78 Å². The summed E-state index contributed by atoms with van der Waals surface area (Å²) >= 11 is 4.96. The first-order valence-corrected chi connectivity index (χ1v) is 8.12. The van der Waals surface area contributed by atoms with E-state index < -0.39 is 11.7 Å². The monoisotopic (exact) mass is 368 g/mol. The normalized spacial score (nSPS) is 11.2. The van der Waals surface area contributed by atoms with Crippen molar-refractivity contribution in [2.24, 2.45) is 0 Å². The highest BCUT2D eigenvalue weighted by Gasteiger charge is 2.30. The van der Waals surface area contributed by atoms with E-state index in [9.17, 15) is 18.0 Å². The second kappa shape index (κ2) is 10.8. The van der Waals surface area contributed by atoms with Crippen LogP contribution < -0.4 is 0 Å². The number of allylic oxidation sites excluding steroid dienone is 3. The fourth-order valence-corrected chi connectivity index (χ4v) is 1.99. The third kappa shape index (κ3) is 9.15. The Bertz CT molecular complexity index is 670. The Morgan fingerprint density at radius 3 is 2.24 bits per heavy atom. The van der Waals surface area contributed by atoms with Gasteiger partial charge in [-0.1, -0.05) is 43.9 Å². The fourth-order valence-electron chi connectivity index (χ4n) is 1.82. The first-order valence-electron chi connectivity index (χ1n) is 7.71. The highest BCUT2D eigenvalue weighted by molar-refractivity contribution is 7.80. The smallest absolute Gasteiger partial charge is 0.295 e. The van der Waals surface area contributed by atoms with E-state index >= 15 is 0 Å². The summed E-state index contributed by atoms with van der Waals surface area (Å²) in [5, 5.41) is 0. The van der Waals surface area contributed by atoms with Gasteiger partial charge in [-0.15, -0.1) is 6.58 Å². The maximum atomic E-state index is 12.7. The van der Waals surface area contributed by atoms with Gasteiger partial charge in [0.1, 0.15) is 0 Å². The highest BCUT2D eigenvalue weighted by atomic mass is 32.1. The summed E-state index contributed by atoms with van der Waals surface area (Å²) in [7, 11) is 0. The summed E-state index contributed by atoms with van der Waals surface area (Å²) in [4.78, 5) is 12.3. The van der Waals surface area contributed by atoms with Crippen molar-refractivity contribution in [2.45, 2.75) is 39.8 Å². The molecule has 1 aromatic rings. The molecule has 0 spiro atoms. The van der Waals surface area contributed by atoms with Crippen molar-refractivity contribution in [3.8, 4) is 0 Å². The SMILES string of the molecule is C=C(CC(C)=S)/C(=C/c1cccc(C(F)(F)F)c1)C(C)=O.C=CCC. The van der Waals surface area contributed by atoms with E-state index in [-0.39, 0.29) is 5.78 Å². The van der Waals surface area contributed by atoms with E-state index in [4.69, 9.17) is 12.2 Å². The Morgan fingerprint density at radius 1 is 1.28 bits per heavy atom. The van der Waals surface area contributed by atoms with Crippen molar-refractivity contribution in [3.63, 3.8) is 0 Å². The van der Waals surface area contributed by atoms with E-state index in [0.29, 0.717) is 28.0 Å². The lowest BCUT2D eigenvalue weighted by Gasteiger charge is -2.09. The fraction of sp³-hybridized carbons (Fsp3) is 0.300. The first kappa shape index (κ1) is 23.0. The molecule has 0 aliphatic carbocycles. The average molecular weight is 368 g/mol. The number of carbonyl (C=O) groups is 1. The number of halogens is 3. The van der Waals surface area contributed by atoms with Gasteiger partial charge in [0, 0.05) is 12.0 Å². The van der Waals surface area contributed by atoms with E-state index in [1.54, 1.807) is 6.92 Å². The van der Waals surface area contributed by atoms with Crippen LogP contribution in [0.3, 0.4) is 0 Å². The van der Waals surface area contributed by atoms with Gasteiger partial charge in [-0.25, -0.2) is 0 Å². The van der Waals surface area contributed by atoms with Crippen LogP contribution in [-0.4, -0.2) is 10.6 Å². The second-order valence-electron chi connectivity index (χ2n) is 5.42. The van der Waals surface area contributed by atoms with Crippen LogP contribution in [0.15, 0.2) is 54.6 Å². The van der Waals surface area contributed by atoms with Gasteiger partial charge in [0.2, 0.25) is 0 Å². The van der Waals surface area contributed by atoms with Crippen LogP contribution in [0.5, 0.6) is 0 Å². The number of rotatable bonds is 6. The van der Waals surface area contributed by atoms with Crippen LogP contribution in [0, 0.1) is 0 Å². The number of alkyl halides is 3. The molecule has 0 aliphatic heterocycles. The Morgan fingerprint density at radius 2 is 1.84 bits per heavy atom. The van der Waals surface area contributed by atoms with Crippen molar-refractivity contribution in [1.82, 2.24) is 0 Å². The molecule has 0 radical (unpaired) electrons. The molecule has 0 fully saturated rings. The van der Waals surface area contributed by atoms with Crippen molar-refractivity contribution >= 4 is 28.9 Å². The van der Waals surface area contributed by atoms with Gasteiger partial charge in [-0.2, -0.15) is 13.2 Å². The molecule has 1 aromatic carbocycles. The van der Waals surface area contributed by atoms with Gasteiger partial charge < -0.3 is 0 Å². The van der Waals surface area contributed by atoms with Crippen LogP contribution in [0.4, 0.5) is 13.2 Å². The summed E-state index contributed by atoms with van der Waals surface area (Å²) in [5.41, 5.74) is 0.347. The molecule has 0 unspecified atom stereocenters. The van der Waals surface area contributed by atoms with E-state index in [1.165, 1.54) is 25.1 Å². The molecule has 0 atom stereocenters. The maximum absolute atomic E-state index is 12.7. The highest BCUT2D eigenvalue weighted by Crippen LogP contribution is 2.30. The molecule has 0 N–H and O–H groups in total. The number of hydrogen-bond acceptors (Lipinski definition) is 2. The van der Waals surface area contributed by atoms with Gasteiger partial charge in [0.25, 0.3) is 0 Å². The molecule has 5 heteroatoms. The quantitative estimate of drug-likeness (QED) is 0.244. The molecule has 136 valence electrons. The van der Waals surface area contributed by atoms with E-state index in [0.717, 1.165) is 18.6 Å². The zero-order valence-corrected chi connectivity index (χ0v) is 15.6. The first-order chi connectivity index (χ1) is 11.5. The molecule has 0 heterocycles. The Hall–Kier alpha value is -2.01. The molecule has 0 aliphatic rings. The predicted molar refractivity (Wildman–Crippen MR) is 103 cm³/mol. The second-order valence-corrected chi connectivity index (χ2v) is 6.11. The number of ketones is 1. The zero-order chi connectivity index (χ0) is 19.6. The lowest BCUT2D eigenvalue weighted by Crippen LogP contribution is -2.05. The van der Waals surface area contributed by atoms with Crippen LogP contribution in [0.25, 0.3) is 6.08 Å². The molecular weight excluding hydrogens is 345 g/mol. The van der Waals surface area contributed by atoms with Crippen molar-refractivity contribution in [2.75, 3.05) is 0 Å². The van der Waals surface area contributed by atoms with Crippen LogP contribution >= 0.6 is 12.2 Å². The minimum Gasteiger partial charge on any atom is -0.295 e. The minimum atomic E-state index is -4.41. The molecule has 0 saturated carbocycles. The van der Waals surface area contributed by atoms with Crippen LogP contribution in [-0.2, 0) is 11.0 Å². The number of carbonyl (C=O) groups excluding carboxylic acids is 1. The largest absolute Gasteiger partial charge is 0.416 e. The molecule has 0 aromatic heterocycles. The topological polar surface area (TPSA) is 17.1 Å². The lowest BCUT2D eigenvalue weighted by molar-refractivity contribution is -0.137. The maximum Gasteiger partial charge on any atom is 0.416 e. The summed E-state index contributed by atoms with van der Waals surface area (Å²) in [6.07, 6.45) is 0.320. The van der Waals surface area contributed by atoms with Gasteiger partial charge in [-0.3, -0.25) is 4.79 Å². The molecule has 1 rings (SSSR count). The summed E-state index contributed by atoms with van der Waals surface area (Å²) in [5.74, 6) is -0.256. The predicted octanol–water partition coefficient (Wildman–Crippen LogP) is 6.60. The summed E-state index contributed by atoms with van der Waals surface area (Å²) in [6.45, 7) is 12.4. The van der Waals surface area contributed by atoms with Crippen molar-refractivity contribution in [3.05, 3.63) is 65.8 Å². The third-order valence-electron chi connectivity index (χ3n) is 3.04. The minimum absolute atomic E-state index is 0.256. The molecule has 25 heavy (non-hydrogen) atoms. The van der Waals surface area contributed by atoms with Gasteiger partial charge in [0.05, 0.1) is 5.56 Å². The molecule has 0 amide bonds. The Kier molecular flexibility index (Phi) is 9.91. The third-order valence-corrected chi connectivity index (χ3v) is 3.18. The Labute approximate surface area is 152 Å². The Balaban J connectivity index is 0.00000129. The van der Waals surface area contributed by atoms with Crippen LogP contribution in [0.2, 0.25) is 0 Å². The van der Waals surface area contributed by atoms with Crippen molar-refractivity contribution < 1.29 is 18.0 Å². The van der Waals surface area contributed by atoms with Gasteiger partial charge in [-0.05, 0) is 54.5 Å². The summed E-state index contributed by atoms with van der Waals surface area (Å²) < 4.78 is 38.0. The van der Waals surface area contributed by atoms with Crippen molar-refractivity contribution in [1.29, 1.82) is 0 Å². The van der Waals surface area contributed by atoms with E-state index in [2.05, 4.69) is 20.1 Å². The van der Waals surface area contributed by atoms with Crippen LogP contribution in [0.1, 0.15) is 44.7 Å². The number of benzene rings is 1. The number of Topliss-reactive ketones (excluding diaryl/α,β-unsaturated/α-hetero) is 1. The number of thiocarbonyl (C=S) groups is 1. The van der Waals surface area contributed by atoms with E-state index in [1.807, 2.05) is 6.08 Å². The number of hydrogen-bond donors (Lipinski definition) is 0. The lowest BCUT2D eigenvalue weighted by atomic mass is 9.97. The average Bonchev–Trinajstić information content (AvgIpc) is 2.51. The van der Waals surface area contributed by atoms with Gasteiger partial charge >= 0.3 is 6.18 Å². The zero-order valence-electron chi connectivity index (χ0n) is 14.7. The standard InChI is InChI=1S/C16H15F3OS.C4H8/c1-10(7-11(2)21)15(12(3)20)9-13-5-4-6-14(8-13)16(17,18)19;1-3-4-2/h4-6,8-9H,1,7H2,2-3H3;3H,1,4H2,2H3/b15-9-;.